The molecule has 5 heteroatoms. The first kappa shape index (κ1) is 11.7. The first-order valence-electron chi connectivity index (χ1n) is 5.55. The molecule has 0 saturated carbocycles. The van der Waals surface area contributed by atoms with Crippen molar-refractivity contribution in [2.24, 2.45) is 0 Å². The van der Waals surface area contributed by atoms with Gasteiger partial charge in [-0.25, -0.2) is 9.07 Å². The standard InChI is InChI=1S/C12H14FN3O/c1-2-6-16-12(11(8-17)14-15-16)9-4-3-5-10(13)7-9/h3-5,7,17H,2,6,8H2,1H3. The number of hydrogen-bond acceptors (Lipinski definition) is 3. The molecular formula is C12H14FN3O. The van der Waals surface area contributed by atoms with E-state index in [9.17, 15) is 9.50 Å². The smallest absolute Gasteiger partial charge is 0.123 e. The molecule has 2 rings (SSSR count). The molecule has 0 bridgehead atoms. The summed E-state index contributed by atoms with van der Waals surface area (Å²) in [7, 11) is 0. The average Bonchev–Trinajstić information content (AvgIpc) is 2.72. The molecule has 1 aromatic carbocycles. The van der Waals surface area contributed by atoms with E-state index >= 15 is 0 Å². The third-order valence-electron chi connectivity index (χ3n) is 2.49. The minimum Gasteiger partial charge on any atom is -0.390 e. The number of halogens is 1. The van der Waals surface area contributed by atoms with Gasteiger partial charge in [0.25, 0.3) is 0 Å². The molecule has 0 amide bonds. The minimum atomic E-state index is -0.310. The maximum Gasteiger partial charge on any atom is 0.123 e. The highest BCUT2D eigenvalue weighted by Gasteiger charge is 2.14. The topological polar surface area (TPSA) is 50.9 Å². The third-order valence-corrected chi connectivity index (χ3v) is 2.49. The number of aromatic nitrogens is 3. The molecule has 0 fully saturated rings. The fourth-order valence-electron chi connectivity index (χ4n) is 1.78. The molecule has 1 N–H and O–H groups in total. The first-order chi connectivity index (χ1) is 8.26. The van der Waals surface area contributed by atoms with Crippen LogP contribution in [0.2, 0.25) is 0 Å². The van der Waals surface area contributed by atoms with Crippen LogP contribution in [0.4, 0.5) is 4.39 Å². The second-order valence-electron chi connectivity index (χ2n) is 3.78. The lowest BCUT2D eigenvalue weighted by Gasteiger charge is -2.06. The van der Waals surface area contributed by atoms with E-state index in [1.807, 2.05) is 6.92 Å². The van der Waals surface area contributed by atoms with E-state index in [0.29, 0.717) is 23.5 Å². The Morgan fingerprint density at radius 1 is 1.41 bits per heavy atom. The van der Waals surface area contributed by atoms with E-state index in [-0.39, 0.29) is 12.4 Å². The number of aryl methyl sites for hydroxylation is 1. The van der Waals surface area contributed by atoms with Crippen molar-refractivity contribution in [3.05, 3.63) is 35.8 Å². The van der Waals surface area contributed by atoms with Crippen LogP contribution >= 0.6 is 0 Å². The van der Waals surface area contributed by atoms with E-state index in [0.717, 1.165) is 6.42 Å². The number of aliphatic hydroxyl groups excluding tert-OH is 1. The van der Waals surface area contributed by atoms with Crippen LogP contribution in [0.25, 0.3) is 11.3 Å². The molecule has 0 aliphatic rings. The van der Waals surface area contributed by atoms with Gasteiger partial charge in [0.15, 0.2) is 0 Å². The zero-order chi connectivity index (χ0) is 12.3. The molecule has 0 saturated heterocycles. The molecule has 0 radical (unpaired) electrons. The normalized spacial score (nSPS) is 10.8. The van der Waals surface area contributed by atoms with Gasteiger partial charge in [-0.3, -0.25) is 0 Å². The van der Waals surface area contributed by atoms with Crippen LogP contribution in [0.5, 0.6) is 0 Å². The Labute approximate surface area is 98.7 Å². The summed E-state index contributed by atoms with van der Waals surface area (Å²) in [6.07, 6.45) is 0.899. The summed E-state index contributed by atoms with van der Waals surface area (Å²) < 4.78 is 14.9. The van der Waals surface area contributed by atoms with Gasteiger partial charge in [0.1, 0.15) is 11.5 Å². The lowest BCUT2D eigenvalue weighted by Crippen LogP contribution is -2.02. The molecule has 1 heterocycles. The van der Waals surface area contributed by atoms with Gasteiger partial charge in [-0.15, -0.1) is 5.10 Å². The molecule has 0 spiro atoms. The van der Waals surface area contributed by atoms with Crippen molar-refractivity contribution in [3.63, 3.8) is 0 Å². The molecule has 0 unspecified atom stereocenters. The highest BCUT2D eigenvalue weighted by atomic mass is 19.1. The van der Waals surface area contributed by atoms with Crippen LogP contribution in [-0.2, 0) is 13.2 Å². The summed E-state index contributed by atoms with van der Waals surface area (Å²) in [6, 6.07) is 6.22. The van der Waals surface area contributed by atoms with Crippen molar-refractivity contribution in [1.82, 2.24) is 15.0 Å². The van der Waals surface area contributed by atoms with Crippen LogP contribution < -0.4 is 0 Å². The van der Waals surface area contributed by atoms with Gasteiger partial charge >= 0.3 is 0 Å². The molecule has 0 aliphatic heterocycles. The van der Waals surface area contributed by atoms with E-state index in [4.69, 9.17) is 0 Å². The van der Waals surface area contributed by atoms with Crippen molar-refractivity contribution < 1.29 is 9.50 Å². The molecule has 2 aromatic rings. The van der Waals surface area contributed by atoms with Gasteiger partial charge in [0, 0.05) is 12.1 Å². The van der Waals surface area contributed by atoms with Crippen molar-refractivity contribution in [2.75, 3.05) is 0 Å². The first-order valence-corrected chi connectivity index (χ1v) is 5.55. The molecule has 90 valence electrons. The molecule has 0 atom stereocenters. The van der Waals surface area contributed by atoms with Crippen LogP contribution in [0.3, 0.4) is 0 Å². The summed E-state index contributed by atoms with van der Waals surface area (Å²) in [6.45, 7) is 2.52. The maximum atomic E-state index is 13.2. The van der Waals surface area contributed by atoms with Gasteiger partial charge < -0.3 is 5.11 Å². The molecule has 1 aromatic heterocycles. The minimum absolute atomic E-state index is 0.199. The lowest BCUT2D eigenvalue weighted by atomic mass is 10.1. The Kier molecular flexibility index (Phi) is 3.49. The van der Waals surface area contributed by atoms with Crippen LogP contribution in [-0.4, -0.2) is 20.1 Å². The Morgan fingerprint density at radius 2 is 2.24 bits per heavy atom. The largest absolute Gasteiger partial charge is 0.390 e. The summed E-state index contributed by atoms with van der Waals surface area (Å²) in [5.41, 5.74) is 1.85. The molecular weight excluding hydrogens is 221 g/mol. The predicted octanol–water partition coefficient (Wildman–Crippen LogP) is 1.99. The molecule has 0 aliphatic carbocycles. The highest BCUT2D eigenvalue weighted by Crippen LogP contribution is 2.23. The Bertz CT molecular complexity index is 510. The number of hydrogen-bond donors (Lipinski definition) is 1. The van der Waals surface area contributed by atoms with Crippen molar-refractivity contribution >= 4 is 0 Å². The number of aliphatic hydroxyl groups is 1. The zero-order valence-electron chi connectivity index (χ0n) is 9.60. The second-order valence-corrected chi connectivity index (χ2v) is 3.78. The Hall–Kier alpha value is -1.75. The Balaban J connectivity index is 2.51. The van der Waals surface area contributed by atoms with E-state index < -0.39 is 0 Å². The average molecular weight is 235 g/mol. The second kappa shape index (κ2) is 5.05. The van der Waals surface area contributed by atoms with Crippen molar-refractivity contribution in [1.29, 1.82) is 0 Å². The fraction of sp³-hybridized carbons (Fsp3) is 0.333. The molecule has 17 heavy (non-hydrogen) atoms. The SMILES string of the molecule is CCCn1nnc(CO)c1-c1cccc(F)c1. The fourth-order valence-corrected chi connectivity index (χ4v) is 1.78. The quantitative estimate of drug-likeness (QED) is 0.881. The van der Waals surface area contributed by atoms with Crippen molar-refractivity contribution in [2.45, 2.75) is 26.5 Å². The van der Waals surface area contributed by atoms with Crippen LogP contribution in [0.1, 0.15) is 19.0 Å². The third kappa shape index (κ3) is 2.34. The summed E-state index contributed by atoms with van der Waals surface area (Å²) in [4.78, 5) is 0. The van der Waals surface area contributed by atoms with Gasteiger partial charge in [-0.2, -0.15) is 0 Å². The zero-order valence-corrected chi connectivity index (χ0v) is 9.60. The highest BCUT2D eigenvalue weighted by molar-refractivity contribution is 5.61. The van der Waals surface area contributed by atoms with Gasteiger partial charge in [-0.05, 0) is 18.6 Å². The number of benzene rings is 1. The monoisotopic (exact) mass is 235 g/mol. The van der Waals surface area contributed by atoms with Gasteiger partial charge in [0.05, 0.1) is 12.3 Å². The maximum absolute atomic E-state index is 13.2. The summed E-state index contributed by atoms with van der Waals surface area (Å²) >= 11 is 0. The van der Waals surface area contributed by atoms with E-state index in [1.165, 1.54) is 12.1 Å². The van der Waals surface area contributed by atoms with Gasteiger partial charge in [-0.1, -0.05) is 24.3 Å². The van der Waals surface area contributed by atoms with Crippen molar-refractivity contribution in [3.8, 4) is 11.3 Å². The van der Waals surface area contributed by atoms with Crippen LogP contribution in [0, 0.1) is 5.82 Å². The lowest BCUT2D eigenvalue weighted by molar-refractivity contribution is 0.277. The predicted molar refractivity (Wildman–Crippen MR) is 61.6 cm³/mol. The number of nitrogens with zero attached hydrogens (tertiary/aromatic N) is 3. The van der Waals surface area contributed by atoms with Gasteiger partial charge in [0.2, 0.25) is 0 Å². The van der Waals surface area contributed by atoms with E-state index in [1.54, 1.807) is 16.8 Å². The number of rotatable bonds is 4. The van der Waals surface area contributed by atoms with Crippen LogP contribution in [0.15, 0.2) is 24.3 Å². The summed E-state index contributed by atoms with van der Waals surface area (Å²) in [5.74, 6) is -0.310. The summed E-state index contributed by atoms with van der Waals surface area (Å²) in [5, 5.41) is 17.1. The Morgan fingerprint density at radius 3 is 2.88 bits per heavy atom. The molecule has 4 nitrogen and oxygen atoms in total. The van der Waals surface area contributed by atoms with E-state index in [2.05, 4.69) is 10.3 Å².